The van der Waals surface area contributed by atoms with Crippen molar-refractivity contribution in [2.24, 2.45) is 0 Å². The molecule has 0 amide bonds. The Hall–Kier alpha value is -1.84. The fourth-order valence-electron chi connectivity index (χ4n) is 2.40. The number of nitrogens with zero attached hydrogens (tertiary/aromatic N) is 2. The van der Waals surface area contributed by atoms with Crippen LogP contribution in [-0.2, 0) is 0 Å². The molecule has 3 aromatic rings. The Morgan fingerprint density at radius 1 is 0.857 bits per heavy atom. The molecule has 1 heterocycles. The molecule has 0 atom stereocenters. The molecule has 5 heteroatoms. The van der Waals surface area contributed by atoms with Crippen molar-refractivity contribution in [1.29, 1.82) is 0 Å². The number of H-pyrrole nitrogens is 1. The largest absolute Gasteiger partial charge is 0.257 e. The number of halogens is 2. The third-order valence-corrected chi connectivity index (χ3v) is 3.92. The van der Waals surface area contributed by atoms with Gasteiger partial charge in [0.05, 0.1) is 5.69 Å². The van der Waals surface area contributed by atoms with Crippen molar-refractivity contribution in [3.8, 4) is 22.5 Å². The van der Waals surface area contributed by atoms with E-state index in [2.05, 4.69) is 15.4 Å². The van der Waals surface area contributed by atoms with Crippen molar-refractivity contribution in [2.45, 2.75) is 13.8 Å². The van der Waals surface area contributed by atoms with E-state index in [1.165, 1.54) is 0 Å². The summed E-state index contributed by atoms with van der Waals surface area (Å²) in [6, 6.07) is 11.5. The van der Waals surface area contributed by atoms with Crippen molar-refractivity contribution in [3.63, 3.8) is 0 Å². The van der Waals surface area contributed by atoms with Gasteiger partial charge in [0.2, 0.25) is 0 Å². The van der Waals surface area contributed by atoms with E-state index in [-0.39, 0.29) is 0 Å². The summed E-state index contributed by atoms with van der Waals surface area (Å²) in [5.41, 5.74) is 5.88. The van der Waals surface area contributed by atoms with Crippen LogP contribution in [0.4, 0.5) is 0 Å². The minimum atomic E-state index is 0.712. The van der Waals surface area contributed by atoms with E-state index in [1.54, 1.807) is 0 Å². The zero-order valence-corrected chi connectivity index (χ0v) is 13.1. The van der Waals surface area contributed by atoms with Crippen molar-refractivity contribution in [2.75, 3.05) is 0 Å². The third kappa shape index (κ3) is 2.67. The fourth-order valence-corrected chi connectivity index (χ4v) is 2.86. The van der Waals surface area contributed by atoms with Crippen LogP contribution in [0.3, 0.4) is 0 Å². The molecular weight excluding hydrogens is 305 g/mol. The molecule has 0 saturated carbocycles. The summed E-state index contributed by atoms with van der Waals surface area (Å²) in [4.78, 5) is 0. The normalized spacial score (nSPS) is 10.9. The Balaban J connectivity index is 2.17. The molecule has 21 heavy (non-hydrogen) atoms. The average molecular weight is 318 g/mol. The molecular formula is C16H13Cl2N3. The molecule has 2 aromatic carbocycles. The van der Waals surface area contributed by atoms with E-state index < -0.39 is 0 Å². The van der Waals surface area contributed by atoms with Crippen LogP contribution in [0, 0.1) is 13.8 Å². The summed E-state index contributed by atoms with van der Waals surface area (Å²) in [6.45, 7) is 4.02. The van der Waals surface area contributed by atoms with E-state index in [9.17, 15) is 0 Å². The quantitative estimate of drug-likeness (QED) is 0.717. The average Bonchev–Trinajstić information content (AvgIpc) is 2.87. The first-order chi connectivity index (χ1) is 10.1. The maximum atomic E-state index is 6.02. The molecule has 0 aliphatic rings. The van der Waals surface area contributed by atoms with Gasteiger partial charge in [0.25, 0.3) is 0 Å². The van der Waals surface area contributed by atoms with Crippen molar-refractivity contribution >= 4 is 23.2 Å². The summed E-state index contributed by atoms with van der Waals surface area (Å²) in [6.07, 6.45) is 0. The molecule has 106 valence electrons. The molecule has 0 saturated heterocycles. The van der Waals surface area contributed by atoms with Crippen molar-refractivity contribution in [3.05, 3.63) is 57.6 Å². The molecule has 3 nitrogen and oxygen atoms in total. The second kappa shape index (κ2) is 5.51. The van der Waals surface area contributed by atoms with Crippen LogP contribution in [0.1, 0.15) is 11.1 Å². The Morgan fingerprint density at radius 2 is 1.43 bits per heavy atom. The summed E-state index contributed by atoms with van der Waals surface area (Å²) in [5.74, 6) is 0. The van der Waals surface area contributed by atoms with Crippen LogP contribution in [0.15, 0.2) is 36.4 Å². The molecule has 0 radical (unpaired) electrons. The summed E-state index contributed by atoms with van der Waals surface area (Å²) >= 11 is 12.0. The first kappa shape index (κ1) is 14.1. The lowest BCUT2D eigenvalue weighted by molar-refractivity contribution is 0.943. The van der Waals surface area contributed by atoms with Crippen LogP contribution in [0.5, 0.6) is 0 Å². The summed E-state index contributed by atoms with van der Waals surface area (Å²) in [5, 5.41) is 12.6. The number of aromatic nitrogens is 3. The predicted octanol–water partition coefficient (Wildman–Crippen LogP) is 5.06. The highest BCUT2D eigenvalue weighted by Crippen LogP contribution is 2.33. The number of aromatic amines is 1. The Morgan fingerprint density at radius 3 is 2.00 bits per heavy atom. The Bertz CT molecular complexity index is 743. The summed E-state index contributed by atoms with van der Waals surface area (Å²) in [7, 11) is 0. The number of rotatable bonds is 2. The van der Waals surface area contributed by atoms with E-state index >= 15 is 0 Å². The van der Waals surface area contributed by atoms with Gasteiger partial charge in [0.1, 0.15) is 5.69 Å². The number of hydrogen-bond donors (Lipinski definition) is 1. The zero-order valence-electron chi connectivity index (χ0n) is 11.6. The Kier molecular flexibility index (Phi) is 3.70. The van der Waals surface area contributed by atoms with Crippen molar-refractivity contribution < 1.29 is 0 Å². The molecule has 0 unspecified atom stereocenters. The zero-order chi connectivity index (χ0) is 15.0. The van der Waals surface area contributed by atoms with Crippen LogP contribution in [-0.4, -0.2) is 15.4 Å². The molecule has 0 fully saturated rings. The highest BCUT2D eigenvalue weighted by atomic mass is 35.5. The van der Waals surface area contributed by atoms with Crippen LogP contribution < -0.4 is 0 Å². The third-order valence-electron chi connectivity index (χ3n) is 3.45. The SMILES string of the molecule is Cc1cc(Cl)ccc1-c1nn[nH]c1-c1ccc(Cl)cc1C. The molecule has 0 bridgehead atoms. The van der Waals surface area contributed by atoms with Gasteiger partial charge in [-0.1, -0.05) is 40.5 Å². The number of hydrogen-bond acceptors (Lipinski definition) is 2. The number of benzene rings is 2. The van der Waals surface area contributed by atoms with Gasteiger partial charge < -0.3 is 0 Å². The Labute approximate surface area is 132 Å². The molecule has 0 aliphatic carbocycles. The standard InChI is InChI=1S/C16H13Cl2N3/c1-9-7-11(17)3-5-13(9)15-16(20-21-19-15)14-6-4-12(18)8-10(14)2/h3-8H,1-2H3,(H,19,20,21). The smallest absolute Gasteiger partial charge is 0.121 e. The van der Waals surface area contributed by atoms with Crippen LogP contribution in [0.25, 0.3) is 22.5 Å². The minimum Gasteiger partial charge on any atom is -0.257 e. The fraction of sp³-hybridized carbons (Fsp3) is 0.125. The maximum absolute atomic E-state index is 6.02. The van der Waals surface area contributed by atoms with Gasteiger partial charge in [-0.15, -0.1) is 5.10 Å². The van der Waals surface area contributed by atoms with E-state index in [4.69, 9.17) is 23.2 Å². The number of aryl methyl sites for hydroxylation is 2. The highest BCUT2D eigenvalue weighted by molar-refractivity contribution is 6.31. The van der Waals surface area contributed by atoms with Crippen LogP contribution >= 0.6 is 23.2 Å². The first-order valence-electron chi connectivity index (χ1n) is 6.50. The lowest BCUT2D eigenvalue weighted by atomic mass is 9.99. The lowest BCUT2D eigenvalue weighted by Gasteiger charge is -2.08. The van der Waals surface area contributed by atoms with Gasteiger partial charge in [-0.2, -0.15) is 0 Å². The van der Waals surface area contributed by atoms with E-state index in [1.807, 2.05) is 50.2 Å². The second-order valence-electron chi connectivity index (χ2n) is 4.95. The predicted molar refractivity (Wildman–Crippen MR) is 86.7 cm³/mol. The first-order valence-corrected chi connectivity index (χ1v) is 7.26. The van der Waals surface area contributed by atoms with Gasteiger partial charge in [0, 0.05) is 21.2 Å². The topological polar surface area (TPSA) is 41.6 Å². The van der Waals surface area contributed by atoms with Gasteiger partial charge in [-0.05, 0) is 49.2 Å². The van der Waals surface area contributed by atoms with Crippen LogP contribution in [0.2, 0.25) is 10.0 Å². The molecule has 3 rings (SSSR count). The van der Waals surface area contributed by atoms with Gasteiger partial charge in [-0.25, -0.2) is 0 Å². The monoisotopic (exact) mass is 317 g/mol. The molecule has 1 aromatic heterocycles. The minimum absolute atomic E-state index is 0.712. The summed E-state index contributed by atoms with van der Waals surface area (Å²) < 4.78 is 0. The van der Waals surface area contributed by atoms with Gasteiger partial charge >= 0.3 is 0 Å². The lowest BCUT2D eigenvalue weighted by Crippen LogP contribution is -1.89. The highest BCUT2D eigenvalue weighted by Gasteiger charge is 2.15. The van der Waals surface area contributed by atoms with Gasteiger partial charge in [-0.3, -0.25) is 5.10 Å². The second-order valence-corrected chi connectivity index (χ2v) is 5.83. The van der Waals surface area contributed by atoms with E-state index in [0.29, 0.717) is 10.0 Å². The van der Waals surface area contributed by atoms with Gasteiger partial charge in [0.15, 0.2) is 0 Å². The maximum Gasteiger partial charge on any atom is 0.121 e. The molecule has 1 N–H and O–H groups in total. The number of nitrogens with one attached hydrogen (secondary N) is 1. The molecule has 0 spiro atoms. The van der Waals surface area contributed by atoms with E-state index in [0.717, 1.165) is 33.6 Å². The van der Waals surface area contributed by atoms with Crippen molar-refractivity contribution in [1.82, 2.24) is 15.4 Å². The molecule has 0 aliphatic heterocycles.